The van der Waals surface area contributed by atoms with E-state index >= 15 is 0 Å². The van der Waals surface area contributed by atoms with Gasteiger partial charge in [0, 0.05) is 0 Å². The van der Waals surface area contributed by atoms with E-state index in [4.69, 9.17) is 0 Å². The Kier molecular flexibility index (Phi) is 6.40. The molecule has 80 valence electrons. The molecule has 0 aliphatic heterocycles. The first-order valence-corrected chi connectivity index (χ1v) is 5.74. The van der Waals surface area contributed by atoms with Crippen LogP contribution in [0.2, 0.25) is 0 Å². The van der Waals surface area contributed by atoms with E-state index in [0.717, 1.165) is 0 Å². The highest BCUT2D eigenvalue weighted by Gasteiger charge is 2.25. The third-order valence-electron chi connectivity index (χ3n) is 2.81. The molecule has 13 heavy (non-hydrogen) atoms. The summed E-state index contributed by atoms with van der Waals surface area (Å²) < 4.78 is 0. The van der Waals surface area contributed by atoms with Crippen molar-refractivity contribution >= 4 is 0 Å². The Bertz CT molecular complexity index is 105. The summed E-state index contributed by atoms with van der Waals surface area (Å²) in [5, 5.41) is 9.93. The van der Waals surface area contributed by atoms with Crippen LogP contribution in [-0.2, 0) is 0 Å². The molecule has 0 fully saturated rings. The molecule has 0 aliphatic carbocycles. The topological polar surface area (TPSA) is 20.2 Å². The molecule has 0 heterocycles. The normalized spacial score (nSPS) is 12.5. The van der Waals surface area contributed by atoms with Gasteiger partial charge in [-0.25, -0.2) is 0 Å². The van der Waals surface area contributed by atoms with E-state index in [9.17, 15) is 5.11 Å². The van der Waals surface area contributed by atoms with Crippen LogP contribution in [0.1, 0.15) is 66.2 Å². The fraction of sp³-hybridized carbons (Fsp3) is 1.00. The van der Waals surface area contributed by atoms with Crippen LogP contribution in [-0.4, -0.2) is 10.7 Å². The zero-order valence-electron chi connectivity index (χ0n) is 9.77. The van der Waals surface area contributed by atoms with Crippen LogP contribution in [0.5, 0.6) is 0 Å². The summed E-state index contributed by atoms with van der Waals surface area (Å²) in [6, 6.07) is 0. The SMILES string of the molecule is CCCCC(CCCC)C(C)(C)O. The zero-order valence-corrected chi connectivity index (χ0v) is 9.77. The van der Waals surface area contributed by atoms with E-state index in [2.05, 4.69) is 13.8 Å². The second kappa shape index (κ2) is 6.42. The Labute approximate surface area is 83.5 Å². The highest BCUT2D eigenvalue weighted by Crippen LogP contribution is 2.27. The predicted octanol–water partition coefficient (Wildman–Crippen LogP) is 3.75. The summed E-state index contributed by atoms with van der Waals surface area (Å²) in [5.41, 5.74) is -0.482. The summed E-state index contributed by atoms with van der Waals surface area (Å²) in [6.07, 6.45) is 7.33. The van der Waals surface area contributed by atoms with Crippen molar-refractivity contribution in [3.05, 3.63) is 0 Å². The van der Waals surface area contributed by atoms with E-state index in [1.165, 1.54) is 38.5 Å². The maximum Gasteiger partial charge on any atom is 0.0619 e. The fourth-order valence-electron chi connectivity index (χ4n) is 1.75. The molecule has 0 bridgehead atoms. The first-order chi connectivity index (χ1) is 6.02. The number of hydrogen-bond acceptors (Lipinski definition) is 1. The molecule has 0 aromatic rings. The average Bonchev–Trinajstić information content (AvgIpc) is 2.02. The van der Waals surface area contributed by atoms with Crippen LogP contribution in [0, 0.1) is 5.92 Å². The van der Waals surface area contributed by atoms with Crippen LogP contribution >= 0.6 is 0 Å². The van der Waals surface area contributed by atoms with E-state index < -0.39 is 5.60 Å². The van der Waals surface area contributed by atoms with Crippen LogP contribution < -0.4 is 0 Å². The molecule has 0 spiro atoms. The van der Waals surface area contributed by atoms with Crippen molar-refractivity contribution in [2.45, 2.75) is 71.8 Å². The Morgan fingerprint density at radius 3 is 1.62 bits per heavy atom. The first-order valence-electron chi connectivity index (χ1n) is 5.74. The monoisotopic (exact) mass is 186 g/mol. The molecular weight excluding hydrogens is 160 g/mol. The van der Waals surface area contributed by atoms with Crippen LogP contribution in [0.4, 0.5) is 0 Å². The smallest absolute Gasteiger partial charge is 0.0619 e. The molecule has 0 rings (SSSR count). The number of aliphatic hydroxyl groups is 1. The highest BCUT2D eigenvalue weighted by atomic mass is 16.3. The van der Waals surface area contributed by atoms with Gasteiger partial charge in [-0.15, -0.1) is 0 Å². The van der Waals surface area contributed by atoms with Crippen LogP contribution in [0.3, 0.4) is 0 Å². The molecule has 1 N–H and O–H groups in total. The van der Waals surface area contributed by atoms with E-state index in [1.807, 2.05) is 13.8 Å². The van der Waals surface area contributed by atoms with Crippen molar-refractivity contribution in [3.63, 3.8) is 0 Å². The van der Waals surface area contributed by atoms with E-state index in [-0.39, 0.29) is 0 Å². The van der Waals surface area contributed by atoms with Crippen molar-refractivity contribution in [2.75, 3.05) is 0 Å². The van der Waals surface area contributed by atoms with Crippen LogP contribution in [0.25, 0.3) is 0 Å². The summed E-state index contributed by atoms with van der Waals surface area (Å²) in [4.78, 5) is 0. The third-order valence-corrected chi connectivity index (χ3v) is 2.81. The summed E-state index contributed by atoms with van der Waals surface area (Å²) in [6.45, 7) is 8.31. The van der Waals surface area contributed by atoms with Gasteiger partial charge in [0.1, 0.15) is 0 Å². The minimum Gasteiger partial charge on any atom is -0.390 e. The number of hydrogen-bond donors (Lipinski definition) is 1. The largest absolute Gasteiger partial charge is 0.390 e. The van der Waals surface area contributed by atoms with Crippen molar-refractivity contribution < 1.29 is 5.11 Å². The maximum atomic E-state index is 9.93. The molecule has 0 aliphatic rings. The van der Waals surface area contributed by atoms with Crippen LogP contribution in [0.15, 0.2) is 0 Å². The number of unbranched alkanes of at least 4 members (excludes halogenated alkanes) is 2. The standard InChI is InChI=1S/C12H26O/c1-5-7-9-11(10-8-6-2)12(3,4)13/h11,13H,5-10H2,1-4H3. The molecule has 0 aromatic carbocycles. The minimum absolute atomic E-state index is 0.482. The van der Waals surface area contributed by atoms with Gasteiger partial charge in [-0.05, 0) is 32.6 Å². The molecule has 0 radical (unpaired) electrons. The third kappa shape index (κ3) is 6.09. The van der Waals surface area contributed by atoms with Crippen molar-refractivity contribution in [1.29, 1.82) is 0 Å². The molecule has 0 saturated heterocycles. The second-order valence-electron chi connectivity index (χ2n) is 4.64. The molecule has 0 atom stereocenters. The van der Waals surface area contributed by atoms with Gasteiger partial charge < -0.3 is 5.11 Å². The Hall–Kier alpha value is -0.0400. The molecule has 1 nitrogen and oxygen atoms in total. The second-order valence-corrected chi connectivity index (χ2v) is 4.64. The molecule has 1 heteroatoms. The lowest BCUT2D eigenvalue weighted by atomic mass is 9.83. The van der Waals surface area contributed by atoms with Crippen molar-refractivity contribution in [3.8, 4) is 0 Å². The Morgan fingerprint density at radius 2 is 1.38 bits per heavy atom. The van der Waals surface area contributed by atoms with Crippen molar-refractivity contribution in [1.82, 2.24) is 0 Å². The molecule has 0 saturated carbocycles. The van der Waals surface area contributed by atoms with Gasteiger partial charge in [-0.1, -0.05) is 39.5 Å². The summed E-state index contributed by atoms with van der Waals surface area (Å²) in [5.74, 6) is 0.493. The first kappa shape index (κ1) is 13.0. The fourth-order valence-corrected chi connectivity index (χ4v) is 1.75. The predicted molar refractivity (Wildman–Crippen MR) is 58.8 cm³/mol. The van der Waals surface area contributed by atoms with Gasteiger partial charge in [-0.3, -0.25) is 0 Å². The lowest BCUT2D eigenvalue weighted by molar-refractivity contribution is 0.00757. The lowest BCUT2D eigenvalue weighted by Gasteiger charge is -2.29. The maximum absolute atomic E-state index is 9.93. The van der Waals surface area contributed by atoms with Gasteiger partial charge in [0.2, 0.25) is 0 Å². The quantitative estimate of drug-likeness (QED) is 0.642. The van der Waals surface area contributed by atoms with E-state index in [1.54, 1.807) is 0 Å². The van der Waals surface area contributed by atoms with Gasteiger partial charge in [0.25, 0.3) is 0 Å². The lowest BCUT2D eigenvalue weighted by Crippen LogP contribution is -2.30. The summed E-state index contributed by atoms with van der Waals surface area (Å²) >= 11 is 0. The minimum atomic E-state index is -0.482. The van der Waals surface area contributed by atoms with Gasteiger partial charge >= 0.3 is 0 Å². The Balaban J connectivity index is 3.88. The average molecular weight is 186 g/mol. The molecule has 0 aromatic heterocycles. The van der Waals surface area contributed by atoms with Gasteiger partial charge in [0.05, 0.1) is 5.60 Å². The van der Waals surface area contributed by atoms with Crippen molar-refractivity contribution in [2.24, 2.45) is 5.92 Å². The number of rotatable bonds is 7. The molecular formula is C12H26O. The highest BCUT2D eigenvalue weighted by molar-refractivity contribution is 4.76. The van der Waals surface area contributed by atoms with Gasteiger partial charge in [-0.2, -0.15) is 0 Å². The summed E-state index contributed by atoms with van der Waals surface area (Å²) in [7, 11) is 0. The Morgan fingerprint density at radius 1 is 1.00 bits per heavy atom. The molecule has 0 unspecified atom stereocenters. The van der Waals surface area contributed by atoms with E-state index in [0.29, 0.717) is 5.92 Å². The molecule has 0 amide bonds. The van der Waals surface area contributed by atoms with Gasteiger partial charge in [0.15, 0.2) is 0 Å². The zero-order chi connectivity index (χ0) is 10.3.